The molecule has 1 aliphatic rings. The third-order valence-corrected chi connectivity index (χ3v) is 5.84. The highest BCUT2D eigenvalue weighted by atomic mass is 32.1. The first-order chi connectivity index (χ1) is 14.1. The zero-order valence-electron chi connectivity index (χ0n) is 16.2. The van der Waals surface area contributed by atoms with Gasteiger partial charge in [0.15, 0.2) is 0 Å². The predicted octanol–water partition coefficient (Wildman–Crippen LogP) is 3.02. The minimum Gasteiger partial charge on any atom is -0.339 e. The van der Waals surface area contributed by atoms with Crippen LogP contribution in [0.2, 0.25) is 0 Å². The maximum atomic E-state index is 12.5. The second kappa shape index (κ2) is 8.57. The van der Waals surface area contributed by atoms with E-state index in [2.05, 4.69) is 10.1 Å². The number of nitrogens with zero attached hydrogens (tertiary/aromatic N) is 4. The average Bonchev–Trinajstić information content (AvgIpc) is 3.44. The van der Waals surface area contributed by atoms with Gasteiger partial charge in [-0.05, 0) is 18.4 Å². The molecule has 0 atom stereocenters. The molecular weight excluding hydrogens is 388 g/mol. The Hall–Kier alpha value is -3.00. The number of aromatic nitrogens is 2. The van der Waals surface area contributed by atoms with E-state index in [1.807, 2.05) is 53.6 Å². The van der Waals surface area contributed by atoms with Crippen LogP contribution in [0.5, 0.6) is 0 Å². The summed E-state index contributed by atoms with van der Waals surface area (Å²) in [7, 11) is 0. The topological polar surface area (TPSA) is 79.5 Å². The number of rotatable bonds is 5. The van der Waals surface area contributed by atoms with E-state index in [0.29, 0.717) is 50.7 Å². The molecule has 29 heavy (non-hydrogen) atoms. The van der Waals surface area contributed by atoms with Crippen LogP contribution in [0.1, 0.15) is 27.5 Å². The van der Waals surface area contributed by atoms with Gasteiger partial charge >= 0.3 is 0 Å². The van der Waals surface area contributed by atoms with Crippen molar-refractivity contribution in [2.24, 2.45) is 0 Å². The van der Waals surface area contributed by atoms with Crippen LogP contribution in [0.25, 0.3) is 11.4 Å². The Bertz CT molecular complexity index is 974. The molecule has 1 aromatic carbocycles. The zero-order valence-corrected chi connectivity index (χ0v) is 17.0. The number of benzene rings is 1. The molecule has 1 aliphatic heterocycles. The summed E-state index contributed by atoms with van der Waals surface area (Å²) in [6.45, 7) is 4.24. The number of carbonyl (C=O) groups excluding carboxylic acids is 2. The maximum absolute atomic E-state index is 12.5. The second-order valence-corrected chi connectivity index (χ2v) is 7.98. The van der Waals surface area contributed by atoms with Gasteiger partial charge in [-0.25, -0.2) is 0 Å². The Labute approximate surface area is 172 Å². The van der Waals surface area contributed by atoms with E-state index in [1.165, 1.54) is 16.9 Å². The largest absolute Gasteiger partial charge is 0.339 e. The fraction of sp³-hybridized carbons (Fsp3) is 0.333. The van der Waals surface area contributed by atoms with Crippen molar-refractivity contribution in [3.8, 4) is 11.4 Å². The van der Waals surface area contributed by atoms with Gasteiger partial charge in [-0.1, -0.05) is 41.1 Å². The van der Waals surface area contributed by atoms with Gasteiger partial charge in [0.05, 0.1) is 4.88 Å². The fourth-order valence-electron chi connectivity index (χ4n) is 3.26. The Balaban J connectivity index is 1.26. The van der Waals surface area contributed by atoms with Crippen molar-refractivity contribution in [3.63, 3.8) is 0 Å². The van der Waals surface area contributed by atoms with Gasteiger partial charge in [0.25, 0.3) is 5.91 Å². The minimum absolute atomic E-state index is 0.0431. The summed E-state index contributed by atoms with van der Waals surface area (Å²) in [5.74, 6) is 1.08. The van der Waals surface area contributed by atoms with Gasteiger partial charge in [0.1, 0.15) is 0 Å². The third-order valence-electron chi connectivity index (χ3n) is 4.98. The highest BCUT2D eigenvalue weighted by Crippen LogP contribution is 2.18. The van der Waals surface area contributed by atoms with E-state index in [-0.39, 0.29) is 11.8 Å². The molecule has 1 saturated heterocycles. The monoisotopic (exact) mass is 410 g/mol. The Morgan fingerprint density at radius 1 is 1.07 bits per heavy atom. The van der Waals surface area contributed by atoms with Crippen molar-refractivity contribution in [2.75, 3.05) is 26.2 Å². The number of amides is 2. The molecule has 3 aromatic rings. The molecular formula is C21H22N4O3S. The number of carbonyl (C=O) groups is 2. The zero-order chi connectivity index (χ0) is 20.2. The van der Waals surface area contributed by atoms with Crippen molar-refractivity contribution in [3.05, 3.63) is 58.1 Å². The molecule has 7 nitrogen and oxygen atoms in total. The summed E-state index contributed by atoms with van der Waals surface area (Å²) in [6, 6.07) is 11.6. The van der Waals surface area contributed by atoms with E-state index in [9.17, 15) is 9.59 Å². The molecule has 2 amide bonds. The molecule has 1 fully saturated rings. The van der Waals surface area contributed by atoms with Gasteiger partial charge in [-0.2, -0.15) is 4.98 Å². The minimum atomic E-state index is 0.0431. The van der Waals surface area contributed by atoms with Gasteiger partial charge in [-0.15, -0.1) is 11.3 Å². The quantitative estimate of drug-likeness (QED) is 0.646. The van der Waals surface area contributed by atoms with Gasteiger partial charge in [-0.3, -0.25) is 9.59 Å². The predicted molar refractivity (Wildman–Crippen MR) is 110 cm³/mol. The number of thiophene rings is 1. The summed E-state index contributed by atoms with van der Waals surface area (Å²) < 4.78 is 5.29. The summed E-state index contributed by atoms with van der Waals surface area (Å²) >= 11 is 1.44. The summed E-state index contributed by atoms with van der Waals surface area (Å²) in [6.07, 6.45) is 0.723. The molecule has 150 valence electrons. The van der Waals surface area contributed by atoms with Crippen molar-refractivity contribution < 1.29 is 14.1 Å². The Kier molecular flexibility index (Phi) is 5.71. The number of piperazine rings is 1. The lowest BCUT2D eigenvalue weighted by atomic mass is 10.1. The lowest BCUT2D eigenvalue weighted by Gasteiger charge is -2.34. The van der Waals surface area contributed by atoms with Crippen molar-refractivity contribution in [2.45, 2.75) is 19.8 Å². The molecule has 0 aliphatic carbocycles. The van der Waals surface area contributed by atoms with E-state index in [4.69, 9.17) is 4.52 Å². The van der Waals surface area contributed by atoms with E-state index in [1.54, 1.807) is 4.90 Å². The first kappa shape index (κ1) is 19.3. The van der Waals surface area contributed by atoms with Crippen LogP contribution in [0.15, 0.2) is 46.3 Å². The van der Waals surface area contributed by atoms with E-state index >= 15 is 0 Å². The van der Waals surface area contributed by atoms with Crippen LogP contribution in [0, 0.1) is 6.92 Å². The van der Waals surface area contributed by atoms with Crippen LogP contribution >= 0.6 is 11.3 Å². The van der Waals surface area contributed by atoms with Gasteiger partial charge in [0, 0.05) is 44.6 Å². The highest BCUT2D eigenvalue weighted by Gasteiger charge is 2.25. The average molecular weight is 410 g/mol. The van der Waals surface area contributed by atoms with Crippen LogP contribution in [-0.2, 0) is 11.2 Å². The third kappa shape index (κ3) is 4.54. The van der Waals surface area contributed by atoms with Crippen LogP contribution in [-0.4, -0.2) is 57.9 Å². The summed E-state index contributed by atoms with van der Waals surface area (Å²) in [4.78, 5) is 33.7. The van der Waals surface area contributed by atoms with Gasteiger partial charge < -0.3 is 14.3 Å². The summed E-state index contributed by atoms with van der Waals surface area (Å²) in [5, 5.41) is 5.90. The number of aryl methyl sites for hydroxylation is 2. The first-order valence-electron chi connectivity index (χ1n) is 9.60. The Morgan fingerprint density at radius 2 is 1.79 bits per heavy atom. The molecule has 8 heteroatoms. The lowest BCUT2D eigenvalue weighted by Crippen LogP contribution is -2.50. The second-order valence-electron chi connectivity index (χ2n) is 7.03. The van der Waals surface area contributed by atoms with Crippen LogP contribution < -0.4 is 0 Å². The van der Waals surface area contributed by atoms with Crippen LogP contribution in [0.3, 0.4) is 0 Å². The smallest absolute Gasteiger partial charge is 0.264 e. The molecule has 0 spiro atoms. The molecule has 0 unspecified atom stereocenters. The van der Waals surface area contributed by atoms with Gasteiger partial charge in [0.2, 0.25) is 17.6 Å². The van der Waals surface area contributed by atoms with E-state index in [0.717, 1.165) is 10.4 Å². The molecule has 0 N–H and O–H groups in total. The summed E-state index contributed by atoms with van der Waals surface area (Å²) in [5.41, 5.74) is 2.06. The maximum Gasteiger partial charge on any atom is 0.264 e. The number of hydrogen-bond donors (Lipinski definition) is 0. The van der Waals surface area contributed by atoms with Crippen LogP contribution in [0.4, 0.5) is 0 Å². The first-order valence-corrected chi connectivity index (χ1v) is 10.5. The molecule has 0 saturated carbocycles. The highest BCUT2D eigenvalue weighted by molar-refractivity contribution is 7.12. The fourth-order valence-corrected chi connectivity index (χ4v) is 3.95. The molecule has 2 aromatic heterocycles. The Morgan fingerprint density at radius 3 is 2.48 bits per heavy atom. The van der Waals surface area contributed by atoms with Crippen molar-refractivity contribution >= 4 is 23.2 Å². The van der Waals surface area contributed by atoms with Crippen molar-refractivity contribution in [1.82, 2.24) is 19.9 Å². The molecule has 3 heterocycles. The molecule has 0 radical (unpaired) electrons. The lowest BCUT2D eigenvalue weighted by molar-refractivity contribution is -0.132. The SMILES string of the molecule is Cc1ccc(-c2noc(CCC(=O)N3CCN(C(=O)c4cccs4)CC3)n2)cc1. The normalized spacial score (nSPS) is 14.2. The molecule has 4 rings (SSSR count). The van der Waals surface area contributed by atoms with E-state index < -0.39 is 0 Å². The standard InChI is InChI=1S/C21H22N4O3S/c1-15-4-6-16(7-5-15)20-22-18(28-23-20)8-9-19(26)24-10-12-25(13-11-24)21(27)17-3-2-14-29-17/h2-7,14H,8-13H2,1H3. The molecule has 0 bridgehead atoms. The van der Waals surface area contributed by atoms with Crippen molar-refractivity contribution in [1.29, 1.82) is 0 Å². The number of hydrogen-bond acceptors (Lipinski definition) is 6.